The summed E-state index contributed by atoms with van der Waals surface area (Å²) in [5.41, 5.74) is 0. The lowest BCUT2D eigenvalue weighted by molar-refractivity contribution is -0.105. The lowest BCUT2D eigenvalue weighted by Gasteiger charge is -2.08. The van der Waals surface area contributed by atoms with Gasteiger partial charge in [-0.2, -0.15) is 13.2 Å². The zero-order valence-corrected chi connectivity index (χ0v) is 7.04. The first kappa shape index (κ1) is 9.86. The van der Waals surface area contributed by atoms with Crippen molar-refractivity contribution in [3.05, 3.63) is 0 Å². The van der Waals surface area contributed by atoms with E-state index in [4.69, 9.17) is 11.2 Å². The molecule has 0 N–H and O–H groups in total. The first-order valence-corrected chi connectivity index (χ1v) is 6.26. The standard InChI is InChI=1S/C3H5ClF3PS/c1-9-8(4)2-3(5,6)7/h2H2,1H3. The second kappa shape index (κ2) is 3.89. The van der Waals surface area contributed by atoms with Gasteiger partial charge in [0.15, 0.2) is 0 Å². The van der Waals surface area contributed by atoms with Gasteiger partial charge in [-0.1, -0.05) is 11.2 Å². The Hall–Kier alpha value is 0.860. The van der Waals surface area contributed by atoms with Crippen molar-refractivity contribution in [3.63, 3.8) is 0 Å². The Kier molecular flexibility index (Phi) is 4.26. The van der Waals surface area contributed by atoms with E-state index in [2.05, 4.69) is 0 Å². The van der Waals surface area contributed by atoms with Crippen molar-refractivity contribution < 1.29 is 13.2 Å². The minimum Gasteiger partial charge on any atom is -0.171 e. The summed E-state index contributed by atoms with van der Waals surface area (Å²) in [4.78, 5) is 0. The van der Waals surface area contributed by atoms with Crippen molar-refractivity contribution >= 4 is 29.1 Å². The lowest BCUT2D eigenvalue weighted by atomic mass is 10.8. The van der Waals surface area contributed by atoms with Crippen LogP contribution in [0.2, 0.25) is 0 Å². The van der Waals surface area contributed by atoms with Crippen molar-refractivity contribution in [2.24, 2.45) is 0 Å². The van der Waals surface area contributed by atoms with Crippen LogP contribution in [0.25, 0.3) is 0 Å². The van der Waals surface area contributed by atoms with Gasteiger partial charge in [-0.15, -0.1) is 11.4 Å². The molecule has 6 heteroatoms. The Labute approximate surface area is 61.4 Å². The summed E-state index contributed by atoms with van der Waals surface area (Å²) in [5.74, 6) is 0. The SMILES string of the molecule is CSP(Cl)CC(F)(F)F. The van der Waals surface area contributed by atoms with Gasteiger partial charge < -0.3 is 0 Å². The van der Waals surface area contributed by atoms with Crippen molar-refractivity contribution in [1.82, 2.24) is 0 Å². The van der Waals surface area contributed by atoms with Crippen molar-refractivity contribution in [2.75, 3.05) is 12.4 Å². The largest absolute Gasteiger partial charge is 0.394 e. The maximum Gasteiger partial charge on any atom is 0.394 e. The van der Waals surface area contributed by atoms with Crippen LogP contribution in [-0.2, 0) is 0 Å². The summed E-state index contributed by atoms with van der Waals surface area (Å²) in [5, 5.41) is 0. The van der Waals surface area contributed by atoms with E-state index in [0.717, 1.165) is 11.4 Å². The Morgan fingerprint density at radius 3 is 2.11 bits per heavy atom. The molecule has 56 valence electrons. The van der Waals surface area contributed by atoms with Crippen LogP contribution in [0.15, 0.2) is 0 Å². The third kappa shape index (κ3) is 6.75. The first-order valence-electron chi connectivity index (χ1n) is 2.00. The van der Waals surface area contributed by atoms with E-state index in [1.807, 2.05) is 0 Å². The average Bonchev–Trinajstić information content (AvgIpc) is 1.62. The van der Waals surface area contributed by atoms with Gasteiger partial charge in [0.25, 0.3) is 0 Å². The summed E-state index contributed by atoms with van der Waals surface area (Å²) in [6.45, 7) is -1.40. The Bertz CT molecular complexity index is 85.6. The second-order valence-corrected chi connectivity index (χ2v) is 6.83. The highest BCUT2D eigenvalue weighted by atomic mass is 35.7. The van der Waals surface area contributed by atoms with Crippen LogP contribution in [0.4, 0.5) is 13.2 Å². The van der Waals surface area contributed by atoms with Crippen molar-refractivity contribution in [3.8, 4) is 0 Å². The molecule has 0 aliphatic heterocycles. The van der Waals surface area contributed by atoms with E-state index in [0.29, 0.717) is 0 Å². The fourth-order valence-corrected chi connectivity index (χ4v) is 1.85. The van der Waals surface area contributed by atoms with Gasteiger partial charge in [0.2, 0.25) is 0 Å². The van der Waals surface area contributed by atoms with Crippen molar-refractivity contribution in [1.29, 1.82) is 0 Å². The number of hydrogen-bond donors (Lipinski definition) is 0. The van der Waals surface area contributed by atoms with Crippen LogP contribution in [0, 0.1) is 0 Å². The lowest BCUT2D eigenvalue weighted by Crippen LogP contribution is -2.10. The highest BCUT2D eigenvalue weighted by Crippen LogP contribution is 2.55. The number of halogens is 4. The molecule has 0 saturated heterocycles. The molecule has 0 nitrogen and oxygen atoms in total. The molecule has 0 aliphatic carbocycles. The fraction of sp³-hybridized carbons (Fsp3) is 1.00. The van der Waals surface area contributed by atoms with E-state index in [1.54, 1.807) is 6.26 Å². The van der Waals surface area contributed by atoms with Crippen LogP contribution < -0.4 is 0 Å². The molecule has 9 heavy (non-hydrogen) atoms. The zero-order valence-electron chi connectivity index (χ0n) is 4.57. The molecule has 0 rings (SSSR count). The van der Waals surface area contributed by atoms with Gasteiger partial charge in [0.05, 0.1) is 12.6 Å². The quantitative estimate of drug-likeness (QED) is 0.610. The molecule has 0 amide bonds. The highest BCUT2D eigenvalue weighted by Gasteiger charge is 2.30. The van der Waals surface area contributed by atoms with E-state index in [9.17, 15) is 13.2 Å². The summed E-state index contributed by atoms with van der Waals surface area (Å²) >= 11 is 6.32. The zero-order chi connectivity index (χ0) is 7.49. The molecular weight excluding hydrogens is 192 g/mol. The molecule has 0 bridgehead atoms. The van der Waals surface area contributed by atoms with Crippen LogP contribution in [-0.4, -0.2) is 18.6 Å². The van der Waals surface area contributed by atoms with Crippen LogP contribution in [0.3, 0.4) is 0 Å². The summed E-state index contributed by atoms with van der Waals surface area (Å²) in [6, 6.07) is 0. The van der Waals surface area contributed by atoms with Gasteiger partial charge in [-0.25, -0.2) is 0 Å². The van der Waals surface area contributed by atoms with Crippen molar-refractivity contribution in [2.45, 2.75) is 6.18 Å². The van der Waals surface area contributed by atoms with Gasteiger partial charge in [0.1, 0.15) is 0 Å². The molecule has 0 aromatic rings. The molecule has 0 aromatic carbocycles. The van der Waals surface area contributed by atoms with E-state index < -0.39 is 18.8 Å². The predicted molar refractivity (Wildman–Crippen MR) is 37.2 cm³/mol. The molecule has 0 aromatic heterocycles. The maximum atomic E-state index is 11.4. The van der Waals surface area contributed by atoms with Crippen LogP contribution >= 0.6 is 29.1 Å². The van der Waals surface area contributed by atoms with E-state index >= 15 is 0 Å². The molecule has 1 unspecified atom stereocenters. The topological polar surface area (TPSA) is 0 Å². The fourth-order valence-electron chi connectivity index (χ4n) is 0.206. The van der Waals surface area contributed by atoms with Crippen LogP contribution in [0.1, 0.15) is 0 Å². The Balaban J connectivity index is 3.47. The monoisotopic (exact) mass is 196 g/mol. The van der Waals surface area contributed by atoms with Gasteiger partial charge in [0, 0.05) is 0 Å². The number of hydrogen-bond acceptors (Lipinski definition) is 1. The maximum absolute atomic E-state index is 11.4. The molecule has 0 saturated carbocycles. The number of alkyl halides is 3. The molecular formula is C3H5ClF3PS. The molecule has 0 aliphatic rings. The number of rotatable bonds is 2. The predicted octanol–water partition coefficient (Wildman–Crippen LogP) is 3.46. The third-order valence-electron chi connectivity index (χ3n) is 0.502. The average molecular weight is 197 g/mol. The van der Waals surface area contributed by atoms with Crippen LogP contribution in [0.5, 0.6) is 0 Å². The molecule has 0 spiro atoms. The Morgan fingerprint density at radius 1 is 1.56 bits per heavy atom. The summed E-state index contributed by atoms with van der Waals surface area (Å²) in [7, 11) is 0. The molecule has 0 heterocycles. The van der Waals surface area contributed by atoms with Gasteiger partial charge in [-0.3, -0.25) is 0 Å². The normalized spacial score (nSPS) is 15.7. The smallest absolute Gasteiger partial charge is 0.171 e. The highest BCUT2D eigenvalue weighted by molar-refractivity contribution is 8.62. The minimum atomic E-state index is -4.10. The molecule has 0 radical (unpaired) electrons. The molecule has 1 atom stereocenters. The summed E-state index contributed by atoms with van der Waals surface area (Å²) < 4.78 is 34.2. The van der Waals surface area contributed by atoms with E-state index in [-0.39, 0.29) is 0 Å². The molecule has 0 fully saturated rings. The van der Waals surface area contributed by atoms with Gasteiger partial charge >= 0.3 is 6.18 Å². The summed E-state index contributed by atoms with van der Waals surface area (Å²) in [6.07, 6.45) is -3.38. The minimum absolute atomic E-state index is 0.856. The third-order valence-corrected chi connectivity index (χ3v) is 4.68. The second-order valence-electron chi connectivity index (χ2n) is 1.27. The van der Waals surface area contributed by atoms with Gasteiger partial charge in [-0.05, 0) is 6.26 Å². The Morgan fingerprint density at radius 2 is 2.00 bits per heavy atom. The first-order chi connectivity index (χ1) is 3.95. The van der Waals surface area contributed by atoms with E-state index in [1.165, 1.54) is 0 Å².